The molecule has 0 N–H and O–H groups in total. The van der Waals surface area contributed by atoms with E-state index < -0.39 is 0 Å². The first-order chi connectivity index (χ1) is 4.93. The first-order valence-corrected chi connectivity index (χ1v) is 2.81. The van der Waals surface area contributed by atoms with E-state index >= 15 is 0 Å². The maximum absolute atomic E-state index is 8.00. The fourth-order valence-electron chi connectivity index (χ4n) is 0.557. The molecule has 0 aliphatic carbocycles. The number of carbonyl (C=O) groups excluding carboxylic acids is 1. The van der Waals surface area contributed by atoms with Crippen LogP contribution in [0.4, 0.5) is 0 Å². The number of para-hydroxylation sites is 1. The minimum absolute atomic E-state index is 0.910. The Kier molecular flexibility index (Phi) is 5.06. The molecule has 0 unspecified atom stereocenters. The molecule has 0 aromatic heterocycles. The van der Waals surface area contributed by atoms with Gasteiger partial charge in [0.05, 0.1) is 7.11 Å². The van der Waals surface area contributed by atoms with Crippen LogP contribution in [0, 0.1) is 0 Å². The lowest BCUT2D eigenvalue weighted by atomic mass is 10.3. The average molecular weight is 138 g/mol. The Hall–Kier alpha value is -1.31. The van der Waals surface area contributed by atoms with Gasteiger partial charge in [0, 0.05) is 0 Å². The Morgan fingerprint density at radius 1 is 1.20 bits per heavy atom. The van der Waals surface area contributed by atoms with Gasteiger partial charge in [-0.1, -0.05) is 18.2 Å². The molecular weight excluding hydrogens is 128 g/mol. The standard InChI is InChI=1S/C7H8O.CH2O/c1-8-7-5-3-2-4-6-7;1-2/h2-6H,1H3;1H2. The quantitative estimate of drug-likeness (QED) is 0.588. The predicted molar refractivity (Wildman–Crippen MR) is 40.1 cm³/mol. The van der Waals surface area contributed by atoms with Crippen molar-refractivity contribution in [2.75, 3.05) is 7.11 Å². The molecule has 10 heavy (non-hydrogen) atoms. The third-order valence-electron chi connectivity index (χ3n) is 0.979. The molecule has 1 aromatic carbocycles. The summed E-state index contributed by atoms with van der Waals surface area (Å²) in [6.45, 7) is 2.00. The highest BCUT2D eigenvalue weighted by Crippen LogP contribution is 2.05. The van der Waals surface area contributed by atoms with Crippen LogP contribution in [0.1, 0.15) is 0 Å². The van der Waals surface area contributed by atoms with Crippen molar-refractivity contribution in [1.29, 1.82) is 0 Å². The van der Waals surface area contributed by atoms with Gasteiger partial charge in [0.2, 0.25) is 0 Å². The van der Waals surface area contributed by atoms with E-state index in [1.807, 2.05) is 37.1 Å². The summed E-state index contributed by atoms with van der Waals surface area (Å²) in [5, 5.41) is 0. The second-order valence-electron chi connectivity index (χ2n) is 1.52. The first-order valence-electron chi connectivity index (χ1n) is 2.81. The lowest BCUT2D eigenvalue weighted by Gasteiger charge is -1.93. The lowest BCUT2D eigenvalue weighted by Crippen LogP contribution is -1.78. The highest BCUT2D eigenvalue weighted by molar-refractivity contribution is 5.20. The molecule has 0 heterocycles. The zero-order chi connectivity index (χ0) is 7.82. The predicted octanol–water partition coefficient (Wildman–Crippen LogP) is 1.51. The molecule has 1 aromatic rings. The zero-order valence-corrected chi connectivity index (χ0v) is 5.91. The number of carbonyl (C=O) groups is 1. The van der Waals surface area contributed by atoms with E-state index in [0.717, 1.165) is 5.75 Å². The summed E-state index contributed by atoms with van der Waals surface area (Å²) in [5.74, 6) is 0.910. The van der Waals surface area contributed by atoms with Crippen LogP contribution in [-0.2, 0) is 4.79 Å². The highest BCUT2D eigenvalue weighted by Gasteiger charge is 1.80. The SMILES string of the molecule is C=O.COc1ccccc1. The van der Waals surface area contributed by atoms with Crippen molar-refractivity contribution >= 4 is 6.79 Å². The van der Waals surface area contributed by atoms with Crippen molar-refractivity contribution in [2.24, 2.45) is 0 Å². The van der Waals surface area contributed by atoms with Crippen molar-refractivity contribution in [3.05, 3.63) is 30.3 Å². The van der Waals surface area contributed by atoms with Crippen LogP contribution in [-0.4, -0.2) is 13.9 Å². The number of methoxy groups -OCH3 is 1. The summed E-state index contributed by atoms with van der Waals surface area (Å²) in [4.78, 5) is 8.00. The van der Waals surface area contributed by atoms with Gasteiger partial charge in [0.25, 0.3) is 0 Å². The van der Waals surface area contributed by atoms with Crippen molar-refractivity contribution in [1.82, 2.24) is 0 Å². The second-order valence-corrected chi connectivity index (χ2v) is 1.52. The van der Waals surface area contributed by atoms with Gasteiger partial charge in [-0.2, -0.15) is 0 Å². The lowest BCUT2D eigenvalue weighted by molar-refractivity contribution is -0.0979. The number of rotatable bonds is 1. The normalized spacial score (nSPS) is 7.30. The Labute approximate surface area is 60.4 Å². The zero-order valence-electron chi connectivity index (χ0n) is 5.91. The van der Waals surface area contributed by atoms with Gasteiger partial charge >= 0.3 is 0 Å². The van der Waals surface area contributed by atoms with Crippen LogP contribution < -0.4 is 4.74 Å². The molecule has 1 rings (SSSR count). The topological polar surface area (TPSA) is 26.3 Å². The summed E-state index contributed by atoms with van der Waals surface area (Å²) in [7, 11) is 1.66. The minimum Gasteiger partial charge on any atom is -0.497 e. The first kappa shape index (κ1) is 8.69. The molecule has 0 saturated heterocycles. The molecule has 54 valence electrons. The molecule has 0 saturated carbocycles. The third-order valence-corrected chi connectivity index (χ3v) is 0.979. The number of benzene rings is 1. The Morgan fingerprint density at radius 3 is 2.00 bits per heavy atom. The monoisotopic (exact) mass is 138 g/mol. The molecule has 0 fully saturated rings. The molecule has 0 amide bonds. The summed E-state index contributed by atoms with van der Waals surface area (Å²) < 4.78 is 4.91. The molecule has 0 bridgehead atoms. The van der Waals surface area contributed by atoms with Crippen molar-refractivity contribution < 1.29 is 9.53 Å². The van der Waals surface area contributed by atoms with E-state index in [2.05, 4.69) is 0 Å². The van der Waals surface area contributed by atoms with E-state index in [1.54, 1.807) is 7.11 Å². The van der Waals surface area contributed by atoms with E-state index in [9.17, 15) is 0 Å². The highest BCUT2D eigenvalue weighted by atomic mass is 16.5. The van der Waals surface area contributed by atoms with Crippen LogP contribution in [0.2, 0.25) is 0 Å². The van der Waals surface area contributed by atoms with Crippen LogP contribution in [0.25, 0.3) is 0 Å². The number of hydrogen-bond donors (Lipinski definition) is 0. The molecule has 2 nitrogen and oxygen atoms in total. The smallest absolute Gasteiger partial charge is 0.118 e. The van der Waals surface area contributed by atoms with Crippen molar-refractivity contribution in [3.63, 3.8) is 0 Å². The molecular formula is C8H10O2. The second kappa shape index (κ2) is 5.82. The fraction of sp³-hybridized carbons (Fsp3) is 0.125. The molecule has 0 aliphatic rings. The van der Waals surface area contributed by atoms with Gasteiger partial charge in [-0.3, -0.25) is 0 Å². The van der Waals surface area contributed by atoms with Crippen LogP contribution in [0.15, 0.2) is 30.3 Å². The van der Waals surface area contributed by atoms with Crippen LogP contribution in [0.3, 0.4) is 0 Å². The molecule has 0 spiro atoms. The Balaban J connectivity index is 0.000000371. The molecule has 2 heteroatoms. The average Bonchev–Trinajstić information content (AvgIpc) is 2.10. The number of hydrogen-bond acceptors (Lipinski definition) is 2. The summed E-state index contributed by atoms with van der Waals surface area (Å²) >= 11 is 0. The summed E-state index contributed by atoms with van der Waals surface area (Å²) in [6, 6.07) is 9.68. The Morgan fingerprint density at radius 2 is 1.70 bits per heavy atom. The van der Waals surface area contributed by atoms with Crippen molar-refractivity contribution in [3.8, 4) is 5.75 Å². The fourth-order valence-corrected chi connectivity index (χ4v) is 0.557. The van der Waals surface area contributed by atoms with E-state index in [0.29, 0.717) is 0 Å². The number of ether oxygens (including phenoxy) is 1. The summed E-state index contributed by atoms with van der Waals surface area (Å²) in [5.41, 5.74) is 0. The molecule has 0 aliphatic heterocycles. The third kappa shape index (κ3) is 2.87. The maximum atomic E-state index is 8.00. The van der Waals surface area contributed by atoms with Gasteiger partial charge in [-0.15, -0.1) is 0 Å². The van der Waals surface area contributed by atoms with E-state index in [4.69, 9.17) is 9.53 Å². The Bertz CT molecular complexity index is 160. The van der Waals surface area contributed by atoms with Crippen LogP contribution in [0.5, 0.6) is 5.75 Å². The van der Waals surface area contributed by atoms with Gasteiger partial charge in [-0.25, -0.2) is 0 Å². The van der Waals surface area contributed by atoms with Gasteiger partial charge in [0.1, 0.15) is 12.5 Å². The van der Waals surface area contributed by atoms with Crippen molar-refractivity contribution in [2.45, 2.75) is 0 Å². The van der Waals surface area contributed by atoms with Gasteiger partial charge < -0.3 is 9.53 Å². The largest absolute Gasteiger partial charge is 0.497 e. The molecule has 0 atom stereocenters. The van der Waals surface area contributed by atoms with E-state index in [1.165, 1.54) is 0 Å². The van der Waals surface area contributed by atoms with E-state index in [-0.39, 0.29) is 0 Å². The van der Waals surface area contributed by atoms with Gasteiger partial charge in [0.15, 0.2) is 0 Å². The van der Waals surface area contributed by atoms with Crippen LogP contribution >= 0.6 is 0 Å². The van der Waals surface area contributed by atoms with Gasteiger partial charge in [-0.05, 0) is 12.1 Å². The maximum Gasteiger partial charge on any atom is 0.118 e. The summed E-state index contributed by atoms with van der Waals surface area (Å²) in [6.07, 6.45) is 0. The minimum atomic E-state index is 0.910. The molecule has 0 radical (unpaired) electrons.